The summed E-state index contributed by atoms with van der Waals surface area (Å²) in [7, 11) is 2.17. The molecule has 4 heterocycles. The first kappa shape index (κ1) is 20.0. The molecule has 2 aliphatic heterocycles. The van der Waals surface area contributed by atoms with Crippen LogP contribution in [0.2, 0.25) is 0 Å². The van der Waals surface area contributed by atoms with Crippen molar-refractivity contribution in [2.75, 3.05) is 62.8 Å². The molecule has 1 atom stereocenters. The van der Waals surface area contributed by atoms with Crippen LogP contribution in [-0.2, 0) is 11.2 Å². The number of likely N-dealkylation sites (tertiary alicyclic amines) is 1. The predicted molar refractivity (Wildman–Crippen MR) is 116 cm³/mol. The van der Waals surface area contributed by atoms with Crippen LogP contribution in [0.25, 0.3) is 0 Å². The number of piperidine rings is 1. The van der Waals surface area contributed by atoms with E-state index in [1.54, 1.807) is 0 Å². The highest BCUT2D eigenvalue weighted by atomic mass is 16.5. The second kappa shape index (κ2) is 9.50. The molecule has 156 valence electrons. The van der Waals surface area contributed by atoms with Gasteiger partial charge in [-0.3, -0.25) is 4.98 Å². The van der Waals surface area contributed by atoms with Crippen molar-refractivity contribution >= 4 is 11.8 Å². The van der Waals surface area contributed by atoms with Crippen LogP contribution in [0.1, 0.15) is 24.2 Å². The van der Waals surface area contributed by atoms with Crippen molar-refractivity contribution in [2.45, 2.75) is 32.2 Å². The summed E-state index contributed by atoms with van der Waals surface area (Å²) in [5.41, 5.74) is 2.28. The number of hydrogen-bond donors (Lipinski definition) is 0. The van der Waals surface area contributed by atoms with Gasteiger partial charge in [-0.1, -0.05) is 6.07 Å². The number of pyridine rings is 1. The van der Waals surface area contributed by atoms with E-state index in [4.69, 9.17) is 9.72 Å². The topological polar surface area (TPSA) is 57.6 Å². The van der Waals surface area contributed by atoms with Gasteiger partial charge in [-0.05, 0) is 44.5 Å². The van der Waals surface area contributed by atoms with Gasteiger partial charge in [0.15, 0.2) is 0 Å². The molecule has 1 unspecified atom stereocenters. The van der Waals surface area contributed by atoms with E-state index in [0.29, 0.717) is 6.04 Å². The summed E-state index contributed by atoms with van der Waals surface area (Å²) in [4.78, 5) is 21.1. The number of rotatable bonds is 6. The molecule has 2 fully saturated rings. The van der Waals surface area contributed by atoms with Gasteiger partial charge in [0.25, 0.3) is 0 Å². The minimum absolute atomic E-state index is 0.474. The fourth-order valence-corrected chi connectivity index (χ4v) is 4.20. The van der Waals surface area contributed by atoms with Gasteiger partial charge in [0.1, 0.15) is 5.82 Å². The Morgan fingerprint density at radius 2 is 2.00 bits per heavy atom. The molecule has 2 aromatic heterocycles. The zero-order valence-electron chi connectivity index (χ0n) is 17.6. The number of morpholine rings is 1. The van der Waals surface area contributed by atoms with Crippen LogP contribution < -0.4 is 9.80 Å². The first-order valence-corrected chi connectivity index (χ1v) is 10.7. The molecule has 0 saturated carbocycles. The van der Waals surface area contributed by atoms with Crippen molar-refractivity contribution in [1.82, 2.24) is 19.9 Å². The fourth-order valence-electron chi connectivity index (χ4n) is 4.20. The number of hydrogen-bond acceptors (Lipinski definition) is 7. The molecule has 0 amide bonds. The molecule has 0 N–H and O–H groups in total. The van der Waals surface area contributed by atoms with Gasteiger partial charge >= 0.3 is 0 Å². The monoisotopic (exact) mass is 396 g/mol. The Morgan fingerprint density at radius 1 is 1.14 bits per heavy atom. The second-order valence-electron chi connectivity index (χ2n) is 8.04. The normalized spacial score (nSPS) is 20.6. The zero-order valence-corrected chi connectivity index (χ0v) is 17.6. The van der Waals surface area contributed by atoms with Crippen LogP contribution >= 0.6 is 0 Å². The van der Waals surface area contributed by atoms with Gasteiger partial charge in [0.05, 0.1) is 13.2 Å². The fraction of sp³-hybridized carbons (Fsp3) is 0.591. The Kier molecular flexibility index (Phi) is 6.56. The van der Waals surface area contributed by atoms with Crippen LogP contribution in [-0.4, -0.2) is 78.9 Å². The minimum atomic E-state index is 0.474. The molecule has 29 heavy (non-hydrogen) atoms. The summed E-state index contributed by atoms with van der Waals surface area (Å²) in [5, 5.41) is 0. The number of nitrogens with zero attached hydrogens (tertiary/aromatic N) is 6. The molecule has 0 spiro atoms. The molecule has 7 nitrogen and oxygen atoms in total. The zero-order chi connectivity index (χ0) is 20.1. The van der Waals surface area contributed by atoms with Gasteiger partial charge < -0.3 is 19.4 Å². The van der Waals surface area contributed by atoms with Crippen LogP contribution in [0.5, 0.6) is 0 Å². The van der Waals surface area contributed by atoms with E-state index in [1.807, 2.05) is 12.3 Å². The maximum Gasteiger partial charge on any atom is 0.227 e. The lowest BCUT2D eigenvalue weighted by Crippen LogP contribution is -2.47. The summed E-state index contributed by atoms with van der Waals surface area (Å²) < 4.78 is 5.45. The van der Waals surface area contributed by atoms with Crippen molar-refractivity contribution in [3.8, 4) is 0 Å². The molecule has 2 aliphatic rings. The Hall–Kier alpha value is -2.25. The third-order valence-corrected chi connectivity index (χ3v) is 5.94. The largest absolute Gasteiger partial charge is 0.378 e. The Bertz CT molecular complexity index is 794. The van der Waals surface area contributed by atoms with Crippen LogP contribution in [0.3, 0.4) is 0 Å². The van der Waals surface area contributed by atoms with E-state index in [1.165, 1.54) is 25.1 Å². The molecule has 0 aliphatic carbocycles. The highest BCUT2D eigenvalue weighted by molar-refractivity contribution is 5.44. The lowest BCUT2D eigenvalue weighted by atomic mass is 10.0. The lowest BCUT2D eigenvalue weighted by Gasteiger charge is -2.38. The van der Waals surface area contributed by atoms with E-state index >= 15 is 0 Å². The molecule has 2 saturated heterocycles. The van der Waals surface area contributed by atoms with Gasteiger partial charge in [-0.15, -0.1) is 0 Å². The maximum absolute atomic E-state index is 5.45. The number of aromatic nitrogens is 3. The number of anilines is 2. The maximum atomic E-state index is 5.45. The van der Waals surface area contributed by atoms with Gasteiger partial charge in [0, 0.05) is 63.3 Å². The summed E-state index contributed by atoms with van der Waals surface area (Å²) >= 11 is 0. The van der Waals surface area contributed by atoms with Crippen LogP contribution in [0.4, 0.5) is 11.8 Å². The van der Waals surface area contributed by atoms with Gasteiger partial charge in [0.2, 0.25) is 5.95 Å². The summed E-state index contributed by atoms with van der Waals surface area (Å²) in [5.74, 6) is 1.82. The van der Waals surface area contributed by atoms with Crippen molar-refractivity contribution in [1.29, 1.82) is 0 Å². The molecule has 2 aromatic rings. The smallest absolute Gasteiger partial charge is 0.227 e. The first-order valence-electron chi connectivity index (χ1n) is 10.7. The van der Waals surface area contributed by atoms with Crippen molar-refractivity contribution < 1.29 is 4.74 Å². The summed E-state index contributed by atoms with van der Waals surface area (Å²) in [6.45, 7) is 8.56. The molecule has 7 heteroatoms. The molecular weight excluding hydrogens is 364 g/mol. The highest BCUT2D eigenvalue weighted by Crippen LogP contribution is 2.22. The quantitative estimate of drug-likeness (QED) is 0.742. The minimum Gasteiger partial charge on any atom is -0.378 e. The van der Waals surface area contributed by atoms with Crippen LogP contribution in [0, 0.1) is 6.92 Å². The van der Waals surface area contributed by atoms with Crippen molar-refractivity contribution in [3.63, 3.8) is 0 Å². The first-order chi connectivity index (χ1) is 14.2. The third-order valence-electron chi connectivity index (χ3n) is 5.94. The van der Waals surface area contributed by atoms with E-state index in [9.17, 15) is 0 Å². The molecule has 0 bridgehead atoms. The van der Waals surface area contributed by atoms with Gasteiger partial charge in [-0.2, -0.15) is 4.98 Å². The number of aryl methyl sites for hydroxylation is 1. The van der Waals surface area contributed by atoms with E-state index < -0.39 is 0 Å². The van der Waals surface area contributed by atoms with Crippen molar-refractivity contribution in [2.24, 2.45) is 0 Å². The summed E-state index contributed by atoms with van der Waals surface area (Å²) in [6, 6.07) is 8.80. The third kappa shape index (κ3) is 5.22. The molecule has 4 rings (SSSR count). The predicted octanol–water partition coefficient (Wildman–Crippen LogP) is 2.16. The number of likely N-dealkylation sites (N-methyl/N-ethyl adjacent to an activating group) is 1. The van der Waals surface area contributed by atoms with Gasteiger partial charge in [-0.25, -0.2) is 4.98 Å². The van der Waals surface area contributed by atoms with E-state index in [-0.39, 0.29) is 0 Å². The standard InChI is InChI=1S/C22H32N6O/c1-18-5-3-6-19(24-18)9-12-27-11-4-7-20(17-27)26(2)21-8-10-23-22(25-21)28-13-15-29-16-14-28/h3,5-6,8,10,20H,4,7,9,11-17H2,1-2H3. The number of ether oxygens (including phenoxy) is 1. The highest BCUT2D eigenvalue weighted by Gasteiger charge is 2.25. The summed E-state index contributed by atoms with van der Waals surface area (Å²) in [6.07, 6.45) is 5.31. The Balaban J connectivity index is 1.36. The second-order valence-corrected chi connectivity index (χ2v) is 8.04. The van der Waals surface area contributed by atoms with Crippen molar-refractivity contribution in [3.05, 3.63) is 41.9 Å². The molecule has 0 radical (unpaired) electrons. The average Bonchev–Trinajstić information content (AvgIpc) is 2.78. The Labute approximate surface area is 173 Å². The average molecular weight is 397 g/mol. The van der Waals surface area contributed by atoms with E-state index in [0.717, 1.165) is 63.3 Å². The SMILES string of the molecule is Cc1cccc(CCN2CCCC(N(C)c3ccnc(N4CCOCC4)n3)C2)n1. The van der Waals surface area contributed by atoms with E-state index in [2.05, 4.69) is 56.8 Å². The Morgan fingerprint density at radius 3 is 2.83 bits per heavy atom. The molecule has 0 aromatic carbocycles. The lowest BCUT2D eigenvalue weighted by molar-refractivity contribution is 0.122. The molecular formula is C22H32N6O. The van der Waals surface area contributed by atoms with Crippen LogP contribution in [0.15, 0.2) is 30.5 Å².